The van der Waals surface area contributed by atoms with Crippen LogP contribution >= 0.6 is 11.6 Å². The van der Waals surface area contributed by atoms with Gasteiger partial charge in [0.05, 0.1) is 10.3 Å². The number of nitrogens with zero attached hydrogens (tertiary/aromatic N) is 1. The van der Waals surface area contributed by atoms with Crippen molar-refractivity contribution in [3.05, 3.63) is 33.9 Å². The van der Waals surface area contributed by atoms with Gasteiger partial charge >= 0.3 is 0 Å². The van der Waals surface area contributed by atoms with Crippen molar-refractivity contribution >= 4 is 28.8 Å². The van der Waals surface area contributed by atoms with Crippen molar-refractivity contribution in [3.63, 3.8) is 0 Å². The Morgan fingerprint density at radius 2 is 2.25 bits per heavy atom. The first-order valence-electron chi connectivity index (χ1n) is 4.59. The van der Waals surface area contributed by atoms with Crippen LogP contribution in [0.1, 0.15) is 24.3 Å². The topological polar surface area (TPSA) is 86.2 Å². The summed E-state index contributed by atoms with van der Waals surface area (Å²) in [5.41, 5.74) is 5.86. The minimum Gasteiger partial charge on any atom is -0.393 e. The van der Waals surface area contributed by atoms with Crippen molar-refractivity contribution in [1.82, 2.24) is 0 Å². The number of nitro groups is 1. The summed E-state index contributed by atoms with van der Waals surface area (Å²) in [5, 5.41) is 10.1. The number of nitrogen functional groups attached to an aromatic ring is 1. The zero-order valence-corrected chi connectivity index (χ0v) is 9.40. The predicted octanol–water partition coefficient (Wildman–Crippen LogP) is 2.44. The maximum atomic E-state index is 10.9. The van der Waals surface area contributed by atoms with Crippen molar-refractivity contribution in [1.29, 1.82) is 0 Å². The predicted molar refractivity (Wildman–Crippen MR) is 61.4 cm³/mol. The summed E-state index contributed by atoms with van der Waals surface area (Å²) in [5.74, 6) is -0.0699. The molecule has 0 heterocycles. The van der Waals surface area contributed by atoms with E-state index in [9.17, 15) is 14.9 Å². The third-order valence-corrected chi connectivity index (χ3v) is 2.49. The normalized spacial score (nSPS) is 12.1. The first-order chi connectivity index (χ1) is 7.41. The van der Waals surface area contributed by atoms with Crippen molar-refractivity contribution in [2.75, 3.05) is 5.73 Å². The number of benzene rings is 1. The molecule has 0 aliphatic heterocycles. The first-order valence-corrected chi connectivity index (χ1v) is 5.02. The number of halogens is 1. The molecule has 0 aliphatic carbocycles. The molecule has 0 bridgehead atoms. The van der Waals surface area contributed by atoms with Crippen LogP contribution in [0.25, 0.3) is 0 Å². The van der Waals surface area contributed by atoms with Crippen LogP contribution in [0.15, 0.2) is 18.2 Å². The minimum absolute atomic E-state index is 0.0699. The number of carbonyl (C=O) groups excluding carboxylic acids is 1. The van der Waals surface area contributed by atoms with Gasteiger partial charge in [0.25, 0.3) is 5.69 Å². The molecule has 0 saturated heterocycles. The van der Waals surface area contributed by atoms with Gasteiger partial charge < -0.3 is 5.73 Å². The fraction of sp³-hybridized carbons (Fsp3) is 0.300. The summed E-state index contributed by atoms with van der Waals surface area (Å²) < 4.78 is 0. The van der Waals surface area contributed by atoms with Crippen molar-refractivity contribution in [2.24, 2.45) is 0 Å². The molecule has 5 nitrogen and oxygen atoms in total. The van der Waals surface area contributed by atoms with E-state index in [4.69, 9.17) is 17.3 Å². The van der Waals surface area contributed by atoms with E-state index in [0.717, 1.165) is 0 Å². The molecule has 1 atom stereocenters. The second-order valence-electron chi connectivity index (χ2n) is 3.45. The molecule has 1 unspecified atom stereocenters. The molecule has 0 aromatic heterocycles. The van der Waals surface area contributed by atoms with Crippen molar-refractivity contribution in [2.45, 2.75) is 18.7 Å². The Kier molecular flexibility index (Phi) is 3.84. The molecule has 0 fully saturated rings. The molecule has 1 aromatic carbocycles. The summed E-state index contributed by atoms with van der Waals surface area (Å²) in [4.78, 5) is 20.9. The van der Waals surface area contributed by atoms with Gasteiger partial charge in [0.2, 0.25) is 0 Å². The number of anilines is 1. The van der Waals surface area contributed by atoms with Crippen LogP contribution in [0.5, 0.6) is 0 Å². The van der Waals surface area contributed by atoms with E-state index in [-0.39, 0.29) is 23.6 Å². The number of nitro benzene ring substituents is 1. The van der Waals surface area contributed by atoms with Gasteiger partial charge in [0.15, 0.2) is 0 Å². The summed E-state index contributed by atoms with van der Waals surface area (Å²) in [6.45, 7) is 1.42. The first kappa shape index (κ1) is 12.4. The quantitative estimate of drug-likeness (QED) is 0.380. The number of hydrogen-bond acceptors (Lipinski definition) is 4. The van der Waals surface area contributed by atoms with Crippen LogP contribution < -0.4 is 5.73 Å². The van der Waals surface area contributed by atoms with Gasteiger partial charge in [0.1, 0.15) is 11.5 Å². The molecule has 1 rings (SSSR count). The lowest BCUT2D eigenvalue weighted by atomic mass is 10.1. The third kappa shape index (κ3) is 2.93. The Bertz CT molecular complexity index is 434. The maximum Gasteiger partial charge on any atom is 0.292 e. The van der Waals surface area contributed by atoms with Crippen LogP contribution in [0.4, 0.5) is 11.4 Å². The molecule has 1 aromatic rings. The molecule has 0 radical (unpaired) electrons. The standard InChI is InChI=1S/C10H11ClN2O3/c1-6(14)4-8(11)7-2-3-9(12)10(5-7)13(15)16/h2-3,5,8H,4,12H2,1H3. The molecule has 0 saturated carbocycles. The molecule has 86 valence electrons. The van der Waals surface area contributed by atoms with E-state index in [1.807, 2.05) is 0 Å². The highest BCUT2D eigenvalue weighted by Gasteiger charge is 2.17. The van der Waals surface area contributed by atoms with Gasteiger partial charge in [-0.05, 0) is 18.6 Å². The van der Waals surface area contributed by atoms with Crippen LogP contribution in [0, 0.1) is 10.1 Å². The van der Waals surface area contributed by atoms with E-state index in [1.165, 1.54) is 19.1 Å². The Balaban J connectivity index is 3.02. The van der Waals surface area contributed by atoms with Crippen molar-refractivity contribution in [3.8, 4) is 0 Å². The summed E-state index contributed by atoms with van der Waals surface area (Å²) in [6.07, 6.45) is 0.141. The average Bonchev–Trinajstić information content (AvgIpc) is 2.16. The fourth-order valence-electron chi connectivity index (χ4n) is 1.28. The van der Waals surface area contributed by atoms with E-state index >= 15 is 0 Å². The van der Waals surface area contributed by atoms with E-state index in [2.05, 4.69) is 0 Å². The maximum absolute atomic E-state index is 10.9. The van der Waals surface area contributed by atoms with E-state index in [0.29, 0.717) is 5.56 Å². The van der Waals surface area contributed by atoms with E-state index < -0.39 is 10.3 Å². The number of alkyl halides is 1. The molecule has 16 heavy (non-hydrogen) atoms. The largest absolute Gasteiger partial charge is 0.393 e. The zero-order valence-electron chi connectivity index (χ0n) is 8.64. The number of nitrogens with two attached hydrogens (primary N) is 1. The molecular formula is C10H11ClN2O3. The van der Waals surface area contributed by atoms with Crippen LogP contribution in [-0.4, -0.2) is 10.7 Å². The third-order valence-electron chi connectivity index (χ3n) is 2.08. The van der Waals surface area contributed by atoms with Gasteiger partial charge in [-0.1, -0.05) is 6.07 Å². The lowest BCUT2D eigenvalue weighted by molar-refractivity contribution is -0.384. The SMILES string of the molecule is CC(=O)CC(Cl)c1ccc(N)c([N+](=O)[O-])c1. The molecular weight excluding hydrogens is 232 g/mol. The molecule has 0 spiro atoms. The lowest BCUT2D eigenvalue weighted by Crippen LogP contribution is -2.01. The number of rotatable bonds is 4. The Hall–Kier alpha value is -1.62. The smallest absolute Gasteiger partial charge is 0.292 e. The highest BCUT2D eigenvalue weighted by molar-refractivity contribution is 6.22. The molecule has 0 aliphatic rings. The van der Waals surface area contributed by atoms with Gasteiger partial charge in [-0.15, -0.1) is 11.6 Å². The zero-order chi connectivity index (χ0) is 12.3. The van der Waals surface area contributed by atoms with Gasteiger partial charge in [-0.3, -0.25) is 14.9 Å². The average molecular weight is 243 g/mol. The second kappa shape index (κ2) is 4.94. The lowest BCUT2D eigenvalue weighted by Gasteiger charge is -2.08. The number of ketones is 1. The highest BCUT2D eigenvalue weighted by atomic mass is 35.5. The summed E-state index contributed by atoms with van der Waals surface area (Å²) in [6, 6.07) is 4.31. The van der Waals surface area contributed by atoms with Crippen LogP contribution in [0.2, 0.25) is 0 Å². The van der Waals surface area contributed by atoms with E-state index in [1.54, 1.807) is 6.07 Å². The number of Topliss-reactive ketones (excluding diaryl/α,β-unsaturated/α-hetero) is 1. The van der Waals surface area contributed by atoms with Gasteiger partial charge in [-0.25, -0.2) is 0 Å². The minimum atomic E-state index is -0.573. The van der Waals surface area contributed by atoms with Crippen LogP contribution in [-0.2, 0) is 4.79 Å². The molecule has 6 heteroatoms. The second-order valence-corrected chi connectivity index (χ2v) is 3.98. The monoisotopic (exact) mass is 242 g/mol. The number of hydrogen-bond donors (Lipinski definition) is 1. The Morgan fingerprint density at radius 1 is 1.62 bits per heavy atom. The summed E-state index contributed by atoms with van der Waals surface area (Å²) in [7, 11) is 0. The van der Waals surface area contributed by atoms with Gasteiger partial charge in [-0.2, -0.15) is 0 Å². The molecule has 2 N–H and O–H groups in total. The number of carbonyl (C=O) groups is 1. The fourth-order valence-corrected chi connectivity index (χ4v) is 1.64. The van der Waals surface area contributed by atoms with Crippen LogP contribution in [0.3, 0.4) is 0 Å². The molecule has 0 amide bonds. The Morgan fingerprint density at radius 3 is 2.75 bits per heavy atom. The van der Waals surface area contributed by atoms with Gasteiger partial charge in [0, 0.05) is 12.5 Å². The van der Waals surface area contributed by atoms with Crippen molar-refractivity contribution < 1.29 is 9.72 Å². The summed E-state index contributed by atoms with van der Waals surface area (Å²) >= 11 is 5.95. The Labute approximate surface area is 97.3 Å². The highest BCUT2D eigenvalue weighted by Crippen LogP contribution is 2.30.